The van der Waals surface area contributed by atoms with E-state index in [1.165, 1.54) is 5.56 Å². The van der Waals surface area contributed by atoms with Crippen LogP contribution in [0.3, 0.4) is 0 Å². The van der Waals surface area contributed by atoms with Gasteiger partial charge in [-0.1, -0.05) is 32.4 Å². The molecular formula is C25H32N6O4. The summed E-state index contributed by atoms with van der Waals surface area (Å²) in [6.45, 7) is 4.75. The Kier molecular flexibility index (Phi) is 8.66. The number of hydrogen-bond acceptors (Lipinski definition) is 5. The monoisotopic (exact) mass is 480 g/mol. The van der Waals surface area contributed by atoms with Crippen molar-refractivity contribution in [3.8, 4) is 0 Å². The standard InChI is InChI=1S/C25H32N6O4/c1-4-6-7-16-8-10-17(11-9-16)27-25(34)30-23-21(22(26)32)28-20(29-23)15-18-12-13-19(35-18)24(33)31(3)14-5-2/h8-13H,4-7,14-15H2,1-3H3,(H2,26,32)(H,28,29)(H2,27,30,34). The van der Waals surface area contributed by atoms with Crippen molar-refractivity contribution in [3.05, 3.63) is 65.0 Å². The first kappa shape index (κ1) is 25.5. The number of aromatic nitrogens is 2. The van der Waals surface area contributed by atoms with E-state index in [1.54, 1.807) is 24.1 Å². The number of rotatable bonds is 11. The SMILES string of the molecule is CCCCc1ccc(NC(=O)Nc2[nH]c(Cc3ccc(C(=O)N(C)CCC)o3)nc2C(N)=O)cc1. The lowest BCUT2D eigenvalue weighted by molar-refractivity contribution is 0.0761. The number of aromatic amines is 1. The summed E-state index contributed by atoms with van der Waals surface area (Å²) in [7, 11) is 1.71. The Hall–Kier alpha value is -4.08. The molecule has 0 aliphatic carbocycles. The second kappa shape index (κ2) is 11.9. The van der Waals surface area contributed by atoms with Gasteiger partial charge in [0.05, 0.1) is 6.42 Å². The summed E-state index contributed by atoms with van der Waals surface area (Å²) in [6, 6.07) is 10.3. The Morgan fingerprint density at radius 1 is 1.06 bits per heavy atom. The lowest BCUT2D eigenvalue weighted by Crippen LogP contribution is -2.26. The van der Waals surface area contributed by atoms with Crippen molar-refractivity contribution < 1.29 is 18.8 Å². The molecule has 3 rings (SSSR count). The van der Waals surface area contributed by atoms with E-state index in [2.05, 4.69) is 27.5 Å². The number of primary amides is 1. The smallest absolute Gasteiger partial charge is 0.324 e. The van der Waals surface area contributed by atoms with Crippen LogP contribution in [0.1, 0.15) is 71.3 Å². The molecule has 35 heavy (non-hydrogen) atoms. The number of furan rings is 1. The number of benzene rings is 1. The van der Waals surface area contributed by atoms with Gasteiger partial charge in [-0.3, -0.25) is 14.9 Å². The highest BCUT2D eigenvalue weighted by molar-refractivity contribution is 6.04. The number of anilines is 2. The molecule has 0 aliphatic heterocycles. The van der Waals surface area contributed by atoms with E-state index in [1.807, 2.05) is 31.2 Å². The van der Waals surface area contributed by atoms with Gasteiger partial charge in [-0.2, -0.15) is 0 Å². The summed E-state index contributed by atoms with van der Waals surface area (Å²) in [6.07, 6.45) is 4.23. The van der Waals surface area contributed by atoms with Gasteiger partial charge >= 0.3 is 6.03 Å². The molecule has 0 fully saturated rings. The van der Waals surface area contributed by atoms with E-state index in [4.69, 9.17) is 10.2 Å². The van der Waals surface area contributed by atoms with Crippen molar-refractivity contribution in [3.63, 3.8) is 0 Å². The fourth-order valence-electron chi connectivity index (χ4n) is 3.56. The number of nitrogens with zero attached hydrogens (tertiary/aromatic N) is 2. The predicted octanol–water partition coefficient (Wildman–Crippen LogP) is 4.16. The lowest BCUT2D eigenvalue weighted by atomic mass is 10.1. The molecule has 0 aliphatic rings. The summed E-state index contributed by atoms with van der Waals surface area (Å²) in [4.78, 5) is 45.4. The molecule has 0 spiro atoms. The molecule has 0 unspecified atom stereocenters. The lowest BCUT2D eigenvalue weighted by Gasteiger charge is -2.13. The van der Waals surface area contributed by atoms with E-state index >= 15 is 0 Å². The first-order valence-electron chi connectivity index (χ1n) is 11.7. The molecule has 10 nitrogen and oxygen atoms in total. The number of aryl methyl sites for hydroxylation is 1. The van der Waals surface area contributed by atoms with Gasteiger partial charge in [-0.15, -0.1) is 0 Å². The first-order valence-corrected chi connectivity index (χ1v) is 11.7. The van der Waals surface area contributed by atoms with Crippen molar-refractivity contribution in [2.45, 2.75) is 46.0 Å². The first-order chi connectivity index (χ1) is 16.8. The van der Waals surface area contributed by atoms with Crippen LogP contribution in [-0.2, 0) is 12.8 Å². The number of nitrogens with two attached hydrogens (primary N) is 1. The second-order valence-electron chi connectivity index (χ2n) is 8.32. The number of amides is 4. The van der Waals surface area contributed by atoms with Crippen LogP contribution < -0.4 is 16.4 Å². The number of imidazole rings is 1. The summed E-state index contributed by atoms with van der Waals surface area (Å²) in [5, 5.41) is 5.31. The Bertz CT molecular complexity index is 1170. The van der Waals surface area contributed by atoms with Gasteiger partial charge in [0.2, 0.25) is 0 Å². The Morgan fingerprint density at radius 2 is 1.80 bits per heavy atom. The molecule has 0 atom stereocenters. The zero-order chi connectivity index (χ0) is 25.4. The zero-order valence-corrected chi connectivity index (χ0v) is 20.3. The third-order valence-electron chi connectivity index (χ3n) is 5.38. The molecule has 4 amide bonds. The minimum absolute atomic E-state index is 0.0788. The van der Waals surface area contributed by atoms with Crippen molar-refractivity contribution >= 4 is 29.4 Å². The number of H-pyrrole nitrogens is 1. The van der Waals surface area contributed by atoms with Crippen molar-refractivity contribution in [1.29, 1.82) is 0 Å². The molecule has 10 heteroatoms. The van der Waals surface area contributed by atoms with E-state index < -0.39 is 11.9 Å². The molecule has 0 radical (unpaired) electrons. The fourth-order valence-corrected chi connectivity index (χ4v) is 3.56. The molecule has 0 saturated carbocycles. The van der Waals surface area contributed by atoms with Crippen molar-refractivity contribution in [1.82, 2.24) is 14.9 Å². The van der Waals surface area contributed by atoms with Gasteiger partial charge in [0.15, 0.2) is 11.5 Å². The molecule has 186 valence electrons. The van der Waals surface area contributed by atoms with Crippen LogP contribution in [0.25, 0.3) is 0 Å². The second-order valence-corrected chi connectivity index (χ2v) is 8.32. The fraction of sp³-hybridized carbons (Fsp3) is 0.360. The van der Waals surface area contributed by atoms with E-state index in [9.17, 15) is 14.4 Å². The van der Waals surface area contributed by atoms with Crippen LogP contribution in [0.5, 0.6) is 0 Å². The van der Waals surface area contributed by atoms with Crippen LogP contribution >= 0.6 is 0 Å². The largest absolute Gasteiger partial charge is 0.455 e. The van der Waals surface area contributed by atoms with E-state index in [-0.39, 0.29) is 29.6 Å². The van der Waals surface area contributed by atoms with Crippen LogP contribution in [0.2, 0.25) is 0 Å². The van der Waals surface area contributed by atoms with Gasteiger partial charge in [-0.25, -0.2) is 9.78 Å². The van der Waals surface area contributed by atoms with E-state index in [0.717, 1.165) is 25.7 Å². The van der Waals surface area contributed by atoms with Gasteiger partial charge in [0, 0.05) is 19.3 Å². The van der Waals surface area contributed by atoms with Gasteiger partial charge < -0.3 is 25.4 Å². The predicted molar refractivity (Wildman–Crippen MR) is 134 cm³/mol. The van der Waals surface area contributed by atoms with Gasteiger partial charge in [0.1, 0.15) is 17.4 Å². The van der Waals surface area contributed by atoms with Crippen LogP contribution in [0.4, 0.5) is 16.3 Å². The molecule has 0 bridgehead atoms. The normalized spacial score (nSPS) is 10.7. The summed E-state index contributed by atoms with van der Waals surface area (Å²) in [5.41, 5.74) is 7.16. The van der Waals surface area contributed by atoms with Crippen LogP contribution in [0.15, 0.2) is 40.8 Å². The highest BCUT2D eigenvalue weighted by atomic mass is 16.4. The van der Waals surface area contributed by atoms with Gasteiger partial charge in [-0.05, 0) is 49.1 Å². The molecular weight excluding hydrogens is 448 g/mol. The third kappa shape index (κ3) is 6.95. The molecule has 2 aromatic heterocycles. The average molecular weight is 481 g/mol. The molecule has 5 N–H and O–H groups in total. The summed E-state index contributed by atoms with van der Waals surface area (Å²) in [5.74, 6) is 0.116. The summed E-state index contributed by atoms with van der Waals surface area (Å²) < 4.78 is 5.65. The quantitative estimate of drug-likeness (QED) is 0.325. The maximum Gasteiger partial charge on any atom is 0.324 e. The van der Waals surface area contributed by atoms with Crippen molar-refractivity contribution in [2.24, 2.45) is 5.73 Å². The Labute approximate surface area is 204 Å². The molecule has 0 saturated heterocycles. The minimum atomic E-state index is -0.792. The molecule has 3 aromatic rings. The van der Waals surface area contributed by atoms with Crippen molar-refractivity contribution in [2.75, 3.05) is 24.2 Å². The average Bonchev–Trinajstić information content (AvgIpc) is 3.45. The number of unbranched alkanes of at least 4 members (excludes halogenated alkanes) is 1. The maximum absolute atomic E-state index is 12.5. The minimum Gasteiger partial charge on any atom is -0.455 e. The third-order valence-corrected chi connectivity index (χ3v) is 5.38. The van der Waals surface area contributed by atoms with Crippen LogP contribution in [0, 0.1) is 0 Å². The topological polar surface area (TPSA) is 146 Å². The summed E-state index contributed by atoms with van der Waals surface area (Å²) >= 11 is 0. The van der Waals surface area contributed by atoms with E-state index in [0.29, 0.717) is 23.8 Å². The maximum atomic E-state index is 12.5. The molecule has 1 aromatic carbocycles. The number of hydrogen-bond donors (Lipinski definition) is 4. The molecule has 2 heterocycles. The number of carbonyl (C=O) groups is 3. The van der Waals surface area contributed by atoms with Crippen LogP contribution in [-0.4, -0.2) is 46.3 Å². The highest BCUT2D eigenvalue weighted by Gasteiger charge is 2.20. The zero-order valence-electron chi connectivity index (χ0n) is 20.3. The number of nitrogens with one attached hydrogen (secondary N) is 3. The number of urea groups is 1. The highest BCUT2D eigenvalue weighted by Crippen LogP contribution is 2.18. The number of carbonyl (C=O) groups excluding carboxylic acids is 3. The Balaban J connectivity index is 1.66. The Morgan fingerprint density at radius 3 is 2.46 bits per heavy atom. The van der Waals surface area contributed by atoms with Gasteiger partial charge in [0.25, 0.3) is 11.8 Å².